The summed E-state index contributed by atoms with van der Waals surface area (Å²) in [5.41, 5.74) is 3.07. The number of nitrogens with zero attached hydrogens (tertiary/aromatic N) is 2. The van der Waals surface area contributed by atoms with E-state index in [2.05, 4.69) is 15.6 Å². The van der Waals surface area contributed by atoms with Crippen molar-refractivity contribution in [1.82, 2.24) is 5.16 Å². The lowest BCUT2D eigenvalue weighted by Crippen LogP contribution is -2.06. The van der Waals surface area contributed by atoms with E-state index >= 15 is 0 Å². The first-order valence-electron chi connectivity index (χ1n) is 7.66. The Hall–Kier alpha value is -2.93. The fourth-order valence-corrected chi connectivity index (χ4v) is 2.83. The minimum atomic E-state index is -0.101. The number of aromatic nitrogens is 1. The van der Waals surface area contributed by atoms with Crippen LogP contribution in [0.5, 0.6) is 0 Å². The SMILES string of the molecule is CC(=O)Nc1ccc(/C(C)=N/OCc2cc(-c3cccs3)on2)cc1. The van der Waals surface area contributed by atoms with E-state index in [-0.39, 0.29) is 12.5 Å². The number of oxime groups is 1. The standard InChI is InChI=1S/C18H17N3O3S/c1-12(14-5-7-15(8-6-14)19-13(2)22)20-23-11-16-10-17(24-21-16)18-4-3-9-25-18/h3-10H,11H2,1-2H3,(H,19,22)/b20-12+. The fourth-order valence-electron chi connectivity index (χ4n) is 2.16. The molecular formula is C18H17N3O3S. The zero-order chi connectivity index (χ0) is 17.6. The van der Waals surface area contributed by atoms with Crippen molar-refractivity contribution in [2.75, 3.05) is 5.32 Å². The molecule has 1 amide bonds. The van der Waals surface area contributed by atoms with Gasteiger partial charge < -0.3 is 14.7 Å². The van der Waals surface area contributed by atoms with Crippen LogP contribution in [0.2, 0.25) is 0 Å². The zero-order valence-electron chi connectivity index (χ0n) is 13.9. The Kier molecular flexibility index (Phi) is 5.25. The van der Waals surface area contributed by atoms with E-state index in [1.54, 1.807) is 11.3 Å². The molecule has 128 valence electrons. The predicted molar refractivity (Wildman–Crippen MR) is 97.6 cm³/mol. The highest BCUT2D eigenvalue weighted by atomic mass is 32.1. The molecule has 0 unspecified atom stereocenters. The van der Waals surface area contributed by atoms with Crippen molar-refractivity contribution in [3.05, 3.63) is 59.1 Å². The number of thiophene rings is 1. The van der Waals surface area contributed by atoms with Crippen molar-refractivity contribution in [3.63, 3.8) is 0 Å². The molecule has 0 bridgehead atoms. The summed E-state index contributed by atoms with van der Waals surface area (Å²) in [5.74, 6) is 0.624. The molecule has 7 heteroatoms. The van der Waals surface area contributed by atoms with Crippen LogP contribution in [0, 0.1) is 0 Å². The molecule has 0 radical (unpaired) electrons. The summed E-state index contributed by atoms with van der Waals surface area (Å²) >= 11 is 1.59. The van der Waals surface area contributed by atoms with Gasteiger partial charge in [0.2, 0.25) is 5.91 Å². The maximum atomic E-state index is 11.0. The molecule has 0 saturated heterocycles. The molecule has 1 aromatic carbocycles. The van der Waals surface area contributed by atoms with Crippen LogP contribution in [0.1, 0.15) is 25.1 Å². The van der Waals surface area contributed by atoms with Crippen LogP contribution >= 0.6 is 11.3 Å². The Balaban J connectivity index is 1.57. The molecule has 6 nitrogen and oxygen atoms in total. The second-order valence-corrected chi connectivity index (χ2v) is 6.32. The third kappa shape index (κ3) is 4.54. The van der Waals surface area contributed by atoms with Gasteiger partial charge in [-0.05, 0) is 36.1 Å². The van der Waals surface area contributed by atoms with Gasteiger partial charge in [0.1, 0.15) is 5.69 Å². The molecule has 0 spiro atoms. The van der Waals surface area contributed by atoms with Gasteiger partial charge in [0.15, 0.2) is 12.4 Å². The van der Waals surface area contributed by atoms with Crippen LogP contribution < -0.4 is 5.32 Å². The Bertz CT molecular complexity index is 867. The minimum absolute atomic E-state index is 0.101. The fraction of sp³-hybridized carbons (Fsp3) is 0.167. The number of hydrogen-bond donors (Lipinski definition) is 1. The van der Waals surface area contributed by atoms with Gasteiger partial charge in [0, 0.05) is 18.7 Å². The van der Waals surface area contributed by atoms with Crippen LogP contribution in [-0.2, 0) is 16.2 Å². The number of amides is 1. The molecule has 3 rings (SSSR count). The van der Waals surface area contributed by atoms with Gasteiger partial charge in [-0.2, -0.15) is 0 Å². The summed E-state index contributed by atoms with van der Waals surface area (Å²) in [6.07, 6.45) is 0. The molecule has 2 heterocycles. The largest absolute Gasteiger partial charge is 0.389 e. The van der Waals surface area contributed by atoms with Gasteiger partial charge in [0.05, 0.1) is 10.6 Å². The van der Waals surface area contributed by atoms with Crippen molar-refractivity contribution in [3.8, 4) is 10.6 Å². The smallest absolute Gasteiger partial charge is 0.221 e. The number of hydrogen-bond acceptors (Lipinski definition) is 6. The zero-order valence-corrected chi connectivity index (χ0v) is 14.7. The maximum absolute atomic E-state index is 11.0. The molecule has 25 heavy (non-hydrogen) atoms. The third-order valence-corrected chi connectivity index (χ3v) is 4.24. The van der Waals surface area contributed by atoms with Crippen molar-refractivity contribution in [2.24, 2.45) is 5.16 Å². The van der Waals surface area contributed by atoms with Gasteiger partial charge in [-0.15, -0.1) is 11.3 Å². The second-order valence-electron chi connectivity index (χ2n) is 5.37. The van der Waals surface area contributed by atoms with Crippen molar-refractivity contribution in [1.29, 1.82) is 0 Å². The number of rotatable bonds is 6. The first-order chi connectivity index (χ1) is 12.1. The number of carbonyl (C=O) groups excluding carboxylic acids is 1. The first kappa shape index (κ1) is 16.9. The summed E-state index contributed by atoms with van der Waals surface area (Å²) < 4.78 is 5.29. The number of carbonyl (C=O) groups is 1. The van der Waals surface area contributed by atoms with Crippen molar-refractivity contribution < 1.29 is 14.2 Å². The van der Waals surface area contributed by atoms with Gasteiger partial charge in [0.25, 0.3) is 0 Å². The lowest BCUT2D eigenvalue weighted by atomic mass is 10.1. The Morgan fingerprint density at radius 2 is 2.08 bits per heavy atom. The normalized spacial score (nSPS) is 11.4. The average molecular weight is 355 g/mol. The van der Waals surface area contributed by atoms with Crippen LogP contribution in [0.15, 0.2) is 57.5 Å². The molecule has 0 aliphatic rings. The van der Waals surface area contributed by atoms with Gasteiger partial charge >= 0.3 is 0 Å². The summed E-state index contributed by atoms with van der Waals surface area (Å²) in [6, 6.07) is 13.2. The van der Waals surface area contributed by atoms with E-state index in [0.29, 0.717) is 5.69 Å². The Labute approximate surface area is 149 Å². The van der Waals surface area contributed by atoms with E-state index in [1.807, 2.05) is 54.8 Å². The van der Waals surface area contributed by atoms with Gasteiger partial charge in [-0.1, -0.05) is 28.5 Å². The molecular weight excluding hydrogens is 338 g/mol. The Morgan fingerprint density at radius 3 is 2.76 bits per heavy atom. The summed E-state index contributed by atoms with van der Waals surface area (Å²) in [5, 5.41) is 12.8. The topological polar surface area (TPSA) is 76.7 Å². The molecule has 1 N–H and O–H groups in total. The summed E-state index contributed by atoms with van der Waals surface area (Å²) in [7, 11) is 0. The third-order valence-electron chi connectivity index (χ3n) is 3.36. The molecule has 0 saturated carbocycles. The second kappa shape index (κ2) is 7.76. The lowest BCUT2D eigenvalue weighted by Gasteiger charge is -2.04. The molecule has 0 fully saturated rings. The van der Waals surface area contributed by atoms with E-state index in [4.69, 9.17) is 9.36 Å². The molecule has 3 aromatic rings. The van der Waals surface area contributed by atoms with E-state index in [0.717, 1.165) is 27.6 Å². The number of anilines is 1. The van der Waals surface area contributed by atoms with Crippen LogP contribution in [0.4, 0.5) is 5.69 Å². The van der Waals surface area contributed by atoms with Gasteiger partial charge in [-0.3, -0.25) is 4.79 Å². The molecule has 0 aliphatic heterocycles. The lowest BCUT2D eigenvalue weighted by molar-refractivity contribution is -0.114. The summed E-state index contributed by atoms with van der Waals surface area (Å²) in [4.78, 5) is 17.4. The summed E-state index contributed by atoms with van der Waals surface area (Å²) in [6.45, 7) is 3.56. The first-order valence-corrected chi connectivity index (χ1v) is 8.54. The van der Waals surface area contributed by atoms with Gasteiger partial charge in [-0.25, -0.2) is 0 Å². The van der Waals surface area contributed by atoms with Crippen molar-refractivity contribution in [2.45, 2.75) is 20.5 Å². The monoisotopic (exact) mass is 355 g/mol. The Morgan fingerprint density at radius 1 is 1.28 bits per heavy atom. The highest BCUT2D eigenvalue weighted by molar-refractivity contribution is 7.13. The average Bonchev–Trinajstić information content (AvgIpc) is 3.26. The molecule has 0 atom stereocenters. The predicted octanol–water partition coefficient (Wildman–Crippen LogP) is 4.30. The highest BCUT2D eigenvalue weighted by Crippen LogP contribution is 2.25. The number of benzene rings is 1. The van der Waals surface area contributed by atoms with Crippen LogP contribution in [0.25, 0.3) is 10.6 Å². The van der Waals surface area contributed by atoms with Crippen LogP contribution in [0.3, 0.4) is 0 Å². The van der Waals surface area contributed by atoms with E-state index < -0.39 is 0 Å². The minimum Gasteiger partial charge on any atom is -0.389 e. The molecule has 2 aromatic heterocycles. The van der Waals surface area contributed by atoms with E-state index in [9.17, 15) is 4.79 Å². The number of nitrogens with one attached hydrogen (secondary N) is 1. The highest BCUT2D eigenvalue weighted by Gasteiger charge is 2.08. The quantitative estimate of drug-likeness (QED) is 0.528. The van der Waals surface area contributed by atoms with Crippen molar-refractivity contribution >= 4 is 28.6 Å². The van der Waals surface area contributed by atoms with Crippen LogP contribution in [-0.4, -0.2) is 16.8 Å². The maximum Gasteiger partial charge on any atom is 0.221 e. The van der Waals surface area contributed by atoms with E-state index in [1.165, 1.54) is 6.92 Å². The molecule has 0 aliphatic carbocycles.